The number of anilines is 3. The van der Waals surface area contributed by atoms with Crippen LogP contribution in [0.15, 0.2) is 261 Å². The van der Waals surface area contributed by atoms with E-state index in [0.717, 1.165) is 111 Å². The second kappa shape index (κ2) is 44.4. The summed E-state index contributed by atoms with van der Waals surface area (Å²) in [5.74, 6) is 0.556. The van der Waals surface area contributed by atoms with Crippen molar-refractivity contribution in [3.05, 3.63) is 339 Å². The highest BCUT2D eigenvalue weighted by Gasteiger charge is 2.43. The monoisotopic (exact) mass is 1910 g/mol. The molecule has 11 aromatic carbocycles. The Kier molecular flexibility index (Phi) is 30.5. The highest BCUT2D eigenvalue weighted by molar-refractivity contribution is 6.14. The van der Waals surface area contributed by atoms with E-state index in [2.05, 4.69) is 60.5 Å². The molecule has 0 saturated heterocycles. The maximum absolute atomic E-state index is 14.4. The van der Waals surface area contributed by atoms with Crippen molar-refractivity contribution in [1.82, 2.24) is 36.2 Å². The van der Waals surface area contributed by atoms with Crippen molar-refractivity contribution in [2.24, 2.45) is 5.73 Å². The third-order valence-corrected chi connectivity index (χ3v) is 27.2. The van der Waals surface area contributed by atoms with Crippen LogP contribution in [-0.4, -0.2) is 176 Å². The topological polar surface area (TPSA) is 368 Å². The van der Waals surface area contributed by atoms with Crippen LogP contribution in [0.3, 0.4) is 0 Å². The Bertz CT molecular complexity index is 6780. The van der Waals surface area contributed by atoms with Crippen LogP contribution in [0.1, 0.15) is 163 Å². The predicted molar refractivity (Wildman–Crippen MR) is 542 cm³/mol. The molecule has 2 unspecified atom stereocenters. The van der Waals surface area contributed by atoms with Gasteiger partial charge in [-0.2, -0.15) is 0 Å². The van der Waals surface area contributed by atoms with Gasteiger partial charge in [0, 0.05) is 115 Å². The fourth-order valence-electron chi connectivity index (χ4n) is 19.9. The fraction of sp³-hybridized carbons (Fsp3) is 0.283. The van der Waals surface area contributed by atoms with E-state index >= 15 is 0 Å². The van der Waals surface area contributed by atoms with Crippen molar-refractivity contribution in [3.8, 4) is 34.1 Å². The van der Waals surface area contributed by atoms with Crippen LogP contribution in [0.2, 0.25) is 0 Å². The van der Waals surface area contributed by atoms with Gasteiger partial charge >= 0.3 is 24.1 Å². The largest absolute Gasteiger partial charge is 0.497 e. The number of aromatic amines is 3. The minimum atomic E-state index is -1.16. The van der Waals surface area contributed by atoms with Crippen LogP contribution in [0, 0.1) is 0 Å². The maximum Gasteiger partial charge on any atom is 0.407 e. The van der Waals surface area contributed by atoms with Gasteiger partial charge in [0.25, 0.3) is 17.7 Å². The number of esters is 2. The van der Waals surface area contributed by atoms with Crippen molar-refractivity contribution < 1.29 is 85.8 Å². The predicted octanol–water partition coefficient (Wildman–Crippen LogP) is 17.5. The number of carbonyl (C=O) groups is 9. The van der Waals surface area contributed by atoms with Crippen molar-refractivity contribution in [2.75, 3.05) is 110 Å². The van der Waals surface area contributed by atoms with Gasteiger partial charge in [-0.15, -0.1) is 0 Å². The molecule has 8 amide bonds. The Labute approximate surface area is 822 Å². The van der Waals surface area contributed by atoms with E-state index in [0.29, 0.717) is 131 Å². The molecule has 4 aliphatic rings. The Balaban J connectivity index is 0.000000212. The van der Waals surface area contributed by atoms with Gasteiger partial charge in [0.05, 0.1) is 54.5 Å². The van der Waals surface area contributed by atoms with E-state index in [1.165, 1.54) is 25.2 Å². The Morgan fingerprint density at radius 2 is 0.739 bits per heavy atom. The molecule has 29 heteroatoms. The number of fused-ring (bicyclic) bond motifs is 12. The van der Waals surface area contributed by atoms with Crippen LogP contribution in [-0.2, 0) is 73.3 Å². The van der Waals surface area contributed by atoms with Gasteiger partial charge in [0.2, 0.25) is 11.8 Å². The molecule has 9 N–H and O–H groups in total. The van der Waals surface area contributed by atoms with Gasteiger partial charge in [-0.1, -0.05) is 158 Å². The van der Waals surface area contributed by atoms with Crippen LogP contribution in [0.25, 0.3) is 43.8 Å². The smallest absolute Gasteiger partial charge is 0.407 e. The summed E-state index contributed by atoms with van der Waals surface area (Å²) < 4.78 is 54.0. The molecule has 18 rings (SSSR count). The molecule has 0 bridgehead atoms. The number of primary amides is 1. The van der Waals surface area contributed by atoms with Crippen LogP contribution in [0.5, 0.6) is 23.0 Å². The number of alkyl carbamates (subject to hydrolysis) is 1. The first-order chi connectivity index (χ1) is 69.2. The number of hydrogen-bond donors (Lipinski definition) is 8. The molecular formula is C113H115N11O18. The van der Waals surface area contributed by atoms with E-state index < -0.39 is 47.5 Å². The number of nitrogens with one attached hydrogen (secondary N) is 7. The molecular weight excluding hydrogens is 1800 g/mol. The molecule has 142 heavy (non-hydrogen) atoms. The number of ether oxygens (including phenoxy) is 9. The third kappa shape index (κ3) is 21.0. The van der Waals surface area contributed by atoms with E-state index in [1.54, 1.807) is 43.1 Å². The van der Waals surface area contributed by atoms with Crippen LogP contribution in [0.4, 0.5) is 26.7 Å². The highest BCUT2D eigenvalue weighted by atomic mass is 16.6. The summed E-state index contributed by atoms with van der Waals surface area (Å²) >= 11 is 0. The number of amides is 8. The first-order valence-corrected chi connectivity index (χ1v) is 48.0. The molecule has 29 nitrogen and oxygen atoms in total. The molecule has 3 aliphatic heterocycles. The molecule has 730 valence electrons. The number of methoxy groups -OCH3 is 4. The molecule has 0 saturated carbocycles. The minimum Gasteiger partial charge on any atom is -0.497 e. The van der Waals surface area contributed by atoms with E-state index in [4.69, 9.17) is 48.4 Å². The summed E-state index contributed by atoms with van der Waals surface area (Å²) in [4.78, 5) is 133. The van der Waals surface area contributed by atoms with Gasteiger partial charge in [0.15, 0.2) is 0 Å². The molecule has 0 spiro atoms. The Morgan fingerprint density at radius 3 is 1.12 bits per heavy atom. The van der Waals surface area contributed by atoms with Gasteiger partial charge in [-0.05, 0) is 233 Å². The molecule has 2 atom stereocenters. The molecule has 0 fully saturated rings. The molecule has 3 aromatic heterocycles. The summed E-state index contributed by atoms with van der Waals surface area (Å²) in [7, 11) is 9.52. The first kappa shape index (κ1) is 97.6. The lowest BCUT2D eigenvalue weighted by atomic mass is 9.80. The molecule has 14 aromatic rings. The minimum absolute atomic E-state index is 0.00218. The number of rotatable bonds is 39. The van der Waals surface area contributed by atoms with Gasteiger partial charge in [-0.3, -0.25) is 38.5 Å². The van der Waals surface area contributed by atoms with Crippen LogP contribution >= 0.6 is 0 Å². The lowest BCUT2D eigenvalue weighted by Gasteiger charge is -2.37. The van der Waals surface area contributed by atoms with Gasteiger partial charge in [-0.25, -0.2) is 9.59 Å². The van der Waals surface area contributed by atoms with Crippen molar-refractivity contribution in [1.29, 1.82) is 0 Å². The van der Waals surface area contributed by atoms with E-state index in [9.17, 15) is 43.2 Å². The Morgan fingerprint density at radius 1 is 0.394 bits per heavy atom. The number of urea groups is 1. The fourth-order valence-corrected chi connectivity index (χ4v) is 19.9. The summed E-state index contributed by atoms with van der Waals surface area (Å²) in [6, 6.07) is 83.4. The lowest BCUT2D eigenvalue weighted by molar-refractivity contribution is -0.156. The van der Waals surface area contributed by atoms with Gasteiger partial charge in [0.1, 0.15) is 70.1 Å². The van der Waals surface area contributed by atoms with Crippen molar-refractivity contribution in [2.45, 2.75) is 113 Å². The highest BCUT2D eigenvalue weighted by Crippen LogP contribution is 2.48. The number of H-pyrrole nitrogens is 3. The van der Waals surface area contributed by atoms with Crippen LogP contribution < -0.4 is 60.6 Å². The third-order valence-electron chi connectivity index (χ3n) is 27.2. The standard InChI is InChI=1S/C66H65N9O10.C47H50N2O8/c1-68-60(76)26-27-61(77)85-44(38-84-66(39-9-5-4-6-10-39,40-12-16-42(82-2)17-13-40)41-14-18-43(83-3)19-15-41)11-7-8-31-69-62(78)54-35-48-45-28-32-73(57(45)23-20-51(48)70-54)63(79)55-36-49-46-29-33-74(58(46)24-21-52(49)71-55)64(80)56-37-50-47-30-34-75(65(67)81)59(47)25-22-53(50)72-56;1-48-44(50)28-29-45(51)57-38(15-11-12-30-49-46(52)55-32-43-41-18-9-7-16-39(41)40-17-8-10-19-42(40)43)31-56-47(33-13-5-4-6-14-33,34-20-24-36(53-2)25-21-34)35-22-26-37(54-3)27-23-35/h4-6,9-10,12-25,35-37,44,70-72H,7-8,11,26-34,38H2,1-3H3,(H2,67,81)(H,68,76)(H,69,78);4-10,13-14,16-27,38,43H,11-12,15,28-32H2,1-3H3,(H,48,50)(H,49,52). The van der Waals surface area contributed by atoms with Crippen molar-refractivity contribution >= 4 is 103 Å². The van der Waals surface area contributed by atoms with Gasteiger partial charge < -0.3 is 94.4 Å². The molecule has 1 aliphatic carbocycles. The normalized spacial score (nSPS) is 13.3. The SMILES string of the molecule is CNC(=O)CCC(=O)OC(CCCCNC(=O)OCC1c2ccccc2-c2ccccc21)COC(c1ccccc1)(c1ccc(OC)cc1)c1ccc(OC)cc1.CNC(=O)CCC(=O)OC(CCCCNC(=O)c1cc2c3c(ccc2[nH]1)N(C(=O)c1cc2c4c(ccc2[nH]1)N(C(=O)c1cc2c5c(ccc2[nH]1)N(C(N)=O)CC5)CC4)CC3)COC(c1ccccc1)(c1ccc(OC)cc1)c1ccc(OC)cc1. The number of carbonyl (C=O) groups excluding carboxylic acids is 9. The number of aromatic nitrogens is 3. The molecule has 0 radical (unpaired) electrons. The quantitative estimate of drug-likeness (QED) is 0.00768. The maximum atomic E-state index is 14.4. The van der Waals surface area contributed by atoms with E-state index in [1.807, 2.05) is 237 Å². The number of unbranched alkanes of at least 4 members (excludes halogenated alkanes) is 2. The zero-order valence-electron chi connectivity index (χ0n) is 80.2. The molecule has 6 heterocycles. The first-order valence-electron chi connectivity index (χ1n) is 48.0. The van der Waals surface area contributed by atoms with Crippen molar-refractivity contribution in [3.63, 3.8) is 0 Å². The number of nitrogens with two attached hydrogens (primary N) is 1. The average molecular weight is 1920 g/mol. The summed E-state index contributed by atoms with van der Waals surface area (Å²) in [6.45, 7) is 2.41. The second-order valence-corrected chi connectivity index (χ2v) is 35.5. The average Bonchev–Trinajstić information content (AvgIpc) is 1.06. The number of nitrogens with zero attached hydrogens (tertiary/aromatic N) is 3. The number of hydrogen-bond acceptors (Lipinski definition) is 18. The zero-order chi connectivity index (χ0) is 99.0. The Hall–Kier alpha value is -16.0. The number of benzene rings is 11. The lowest BCUT2D eigenvalue weighted by Crippen LogP contribution is -2.37. The summed E-state index contributed by atoms with van der Waals surface area (Å²) in [5.41, 5.74) is 22.0. The second-order valence-electron chi connectivity index (χ2n) is 35.5. The summed E-state index contributed by atoms with van der Waals surface area (Å²) in [5, 5.41) is 13.7. The zero-order valence-corrected chi connectivity index (χ0v) is 80.2. The summed E-state index contributed by atoms with van der Waals surface area (Å²) in [6.07, 6.45) is 3.03. The van der Waals surface area contributed by atoms with E-state index in [-0.39, 0.29) is 81.0 Å².